The minimum Gasteiger partial charge on any atom is -0.444 e. The highest BCUT2D eigenvalue weighted by Gasteiger charge is 2.28. The number of allylic oxidation sites excluding steroid dienone is 1. The van der Waals surface area contributed by atoms with E-state index in [-0.39, 0.29) is 18.0 Å². The second kappa shape index (κ2) is 7.69. The molecule has 0 aliphatic carbocycles. The number of piperidine rings is 1. The number of fused-ring (bicyclic) bond motifs is 1. The zero-order valence-electron chi connectivity index (χ0n) is 17.2. The predicted octanol–water partition coefficient (Wildman–Crippen LogP) is 2.69. The summed E-state index contributed by atoms with van der Waals surface area (Å²) in [5, 5.41) is 5.79. The summed E-state index contributed by atoms with van der Waals surface area (Å²) in [7, 11) is 0. The second-order valence-electron chi connectivity index (χ2n) is 8.19. The van der Waals surface area contributed by atoms with E-state index in [9.17, 15) is 14.4 Å². The van der Waals surface area contributed by atoms with E-state index in [1.807, 2.05) is 0 Å². The van der Waals surface area contributed by atoms with Crippen LogP contribution in [0.25, 0.3) is 10.9 Å². The maximum atomic E-state index is 13.2. The number of carbonyl (C=O) groups excluding carboxylic acids is 2. The number of amides is 2. The minimum atomic E-state index is -0.617. The zero-order chi connectivity index (χ0) is 21.3. The van der Waals surface area contributed by atoms with Crippen LogP contribution in [0.4, 0.5) is 4.79 Å². The van der Waals surface area contributed by atoms with Crippen molar-refractivity contribution >= 4 is 22.9 Å². The highest BCUT2D eigenvalue weighted by molar-refractivity contribution is 5.84. The van der Waals surface area contributed by atoms with Crippen LogP contribution in [-0.4, -0.2) is 27.2 Å². The molecule has 8 heteroatoms. The van der Waals surface area contributed by atoms with Crippen LogP contribution in [0.5, 0.6) is 0 Å². The number of alkyl carbamates (subject to hydrolysis) is 1. The lowest BCUT2D eigenvalue weighted by Crippen LogP contribution is -2.41. The van der Waals surface area contributed by atoms with Crippen LogP contribution in [0.1, 0.15) is 51.0 Å². The monoisotopic (exact) mass is 398 g/mol. The lowest BCUT2D eigenvalue weighted by Gasteiger charge is -2.26. The van der Waals surface area contributed by atoms with Crippen LogP contribution < -0.4 is 16.2 Å². The Morgan fingerprint density at radius 3 is 2.76 bits per heavy atom. The maximum Gasteiger partial charge on any atom is 0.407 e. The summed E-state index contributed by atoms with van der Waals surface area (Å²) >= 11 is 0. The fraction of sp³-hybridized carbons (Fsp3) is 0.429. The molecule has 29 heavy (non-hydrogen) atoms. The third-order valence-electron chi connectivity index (χ3n) is 4.61. The van der Waals surface area contributed by atoms with Gasteiger partial charge >= 0.3 is 6.09 Å². The fourth-order valence-corrected chi connectivity index (χ4v) is 3.33. The van der Waals surface area contributed by atoms with Gasteiger partial charge in [-0.2, -0.15) is 0 Å². The Balaban J connectivity index is 1.90. The topological polar surface area (TPSA) is 102 Å². The first kappa shape index (κ1) is 20.6. The standard InChI is InChI=1S/C21H26N4O4/c1-12-6-9-17(18(26)23-12)25-13(2)24-16-8-7-14(10-15(16)19(25)27)11-22-20(28)29-21(3,4)5/h7-8,10,17H,1,6,9,11H2,2-5H3,(H,22,28)(H,23,26). The smallest absolute Gasteiger partial charge is 0.407 e. The van der Waals surface area contributed by atoms with Crippen molar-refractivity contribution in [3.8, 4) is 0 Å². The zero-order valence-corrected chi connectivity index (χ0v) is 17.2. The molecule has 1 fully saturated rings. The van der Waals surface area contributed by atoms with E-state index in [1.54, 1.807) is 45.9 Å². The number of carbonyl (C=O) groups is 2. The molecule has 2 aromatic rings. The summed E-state index contributed by atoms with van der Waals surface area (Å²) < 4.78 is 6.67. The number of ether oxygens (including phenoxy) is 1. The summed E-state index contributed by atoms with van der Waals surface area (Å²) in [5.41, 5.74) is 1.07. The van der Waals surface area contributed by atoms with Gasteiger partial charge in [-0.1, -0.05) is 12.6 Å². The lowest BCUT2D eigenvalue weighted by molar-refractivity contribution is -0.124. The number of hydrogen-bond donors (Lipinski definition) is 2. The molecular weight excluding hydrogens is 372 g/mol. The molecule has 2 N–H and O–H groups in total. The Bertz CT molecular complexity index is 1050. The molecule has 2 heterocycles. The van der Waals surface area contributed by atoms with E-state index in [0.717, 1.165) is 5.56 Å². The first-order valence-corrected chi connectivity index (χ1v) is 9.52. The molecule has 1 aromatic carbocycles. The molecule has 1 aromatic heterocycles. The lowest BCUT2D eigenvalue weighted by atomic mass is 10.0. The molecule has 3 rings (SSSR count). The Hall–Kier alpha value is -3.16. The van der Waals surface area contributed by atoms with Crippen molar-refractivity contribution in [3.05, 3.63) is 52.2 Å². The van der Waals surface area contributed by atoms with Gasteiger partial charge in [-0.3, -0.25) is 14.2 Å². The van der Waals surface area contributed by atoms with E-state index >= 15 is 0 Å². The van der Waals surface area contributed by atoms with Crippen molar-refractivity contribution < 1.29 is 14.3 Å². The number of nitrogens with one attached hydrogen (secondary N) is 2. The third kappa shape index (κ3) is 4.64. The van der Waals surface area contributed by atoms with Crippen LogP contribution in [0, 0.1) is 6.92 Å². The largest absolute Gasteiger partial charge is 0.444 e. The second-order valence-corrected chi connectivity index (χ2v) is 8.19. The van der Waals surface area contributed by atoms with Gasteiger partial charge < -0.3 is 15.4 Å². The maximum absolute atomic E-state index is 13.2. The SMILES string of the molecule is C=C1CCC(n2c(C)nc3ccc(CNC(=O)OC(C)(C)C)cc3c2=O)C(=O)N1. The summed E-state index contributed by atoms with van der Waals surface area (Å²) in [6, 6.07) is 4.61. The molecule has 1 aliphatic rings. The normalized spacial score (nSPS) is 17.2. The predicted molar refractivity (Wildman–Crippen MR) is 109 cm³/mol. The van der Waals surface area contributed by atoms with E-state index in [0.29, 0.717) is 35.3 Å². The fourth-order valence-electron chi connectivity index (χ4n) is 3.33. The number of nitrogens with zero attached hydrogens (tertiary/aromatic N) is 2. The van der Waals surface area contributed by atoms with Crippen LogP contribution >= 0.6 is 0 Å². The van der Waals surface area contributed by atoms with Gasteiger partial charge in [0.25, 0.3) is 5.56 Å². The van der Waals surface area contributed by atoms with E-state index in [4.69, 9.17) is 4.74 Å². The van der Waals surface area contributed by atoms with Gasteiger partial charge in [0.1, 0.15) is 17.5 Å². The first-order chi connectivity index (χ1) is 13.5. The number of benzene rings is 1. The van der Waals surface area contributed by atoms with Gasteiger partial charge in [-0.05, 0) is 58.2 Å². The van der Waals surface area contributed by atoms with E-state index in [1.165, 1.54) is 4.57 Å². The Labute approximate surface area is 169 Å². The Morgan fingerprint density at radius 1 is 1.38 bits per heavy atom. The molecule has 0 spiro atoms. The average Bonchev–Trinajstić information content (AvgIpc) is 2.60. The summed E-state index contributed by atoms with van der Waals surface area (Å²) in [5.74, 6) is 0.227. The van der Waals surface area contributed by atoms with Crippen molar-refractivity contribution in [2.24, 2.45) is 0 Å². The van der Waals surface area contributed by atoms with Crippen LogP contribution in [-0.2, 0) is 16.1 Å². The van der Waals surface area contributed by atoms with Gasteiger partial charge in [0.05, 0.1) is 10.9 Å². The van der Waals surface area contributed by atoms with Crippen molar-refractivity contribution in [2.75, 3.05) is 0 Å². The van der Waals surface area contributed by atoms with Gasteiger partial charge in [-0.25, -0.2) is 9.78 Å². The van der Waals surface area contributed by atoms with Crippen LogP contribution in [0.15, 0.2) is 35.3 Å². The molecule has 154 valence electrons. The highest BCUT2D eigenvalue weighted by Crippen LogP contribution is 2.22. The van der Waals surface area contributed by atoms with Crippen molar-refractivity contribution in [2.45, 2.75) is 58.7 Å². The van der Waals surface area contributed by atoms with Crippen molar-refractivity contribution in [1.82, 2.24) is 20.2 Å². The number of hydrogen-bond acceptors (Lipinski definition) is 5. The minimum absolute atomic E-state index is 0.210. The van der Waals surface area contributed by atoms with Crippen LogP contribution in [0.2, 0.25) is 0 Å². The van der Waals surface area contributed by atoms with Crippen molar-refractivity contribution in [1.29, 1.82) is 0 Å². The van der Waals surface area contributed by atoms with E-state index in [2.05, 4.69) is 22.2 Å². The molecule has 0 radical (unpaired) electrons. The molecule has 1 unspecified atom stereocenters. The molecule has 8 nitrogen and oxygen atoms in total. The van der Waals surface area contributed by atoms with E-state index < -0.39 is 17.7 Å². The molecule has 1 saturated heterocycles. The third-order valence-corrected chi connectivity index (χ3v) is 4.61. The molecule has 1 atom stereocenters. The van der Waals surface area contributed by atoms with Crippen molar-refractivity contribution in [3.63, 3.8) is 0 Å². The molecule has 2 amide bonds. The molecular formula is C21H26N4O4. The summed E-state index contributed by atoms with van der Waals surface area (Å²) in [4.78, 5) is 41.9. The highest BCUT2D eigenvalue weighted by atomic mass is 16.6. The van der Waals surface area contributed by atoms with Gasteiger partial charge in [0, 0.05) is 12.2 Å². The summed E-state index contributed by atoms with van der Waals surface area (Å²) in [6.45, 7) is 11.1. The van der Waals surface area contributed by atoms with Gasteiger partial charge in [0.2, 0.25) is 5.91 Å². The van der Waals surface area contributed by atoms with Gasteiger partial charge in [-0.15, -0.1) is 0 Å². The molecule has 1 aliphatic heterocycles. The Kier molecular flexibility index (Phi) is 5.46. The van der Waals surface area contributed by atoms with Crippen LogP contribution in [0.3, 0.4) is 0 Å². The molecule has 0 saturated carbocycles. The number of aryl methyl sites for hydroxylation is 1. The summed E-state index contributed by atoms with van der Waals surface area (Å²) in [6.07, 6.45) is 0.578. The Morgan fingerprint density at radius 2 is 2.10 bits per heavy atom. The first-order valence-electron chi connectivity index (χ1n) is 9.52. The number of aromatic nitrogens is 2. The number of rotatable bonds is 3. The quantitative estimate of drug-likeness (QED) is 0.828. The molecule has 0 bridgehead atoms. The van der Waals surface area contributed by atoms with Gasteiger partial charge in [0.15, 0.2) is 0 Å². The average molecular weight is 398 g/mol.